The Balaban J connectivity index is 1.95. The summed E-state index contributed by atoms with van der Waals surface area (Å²) in [7, 11) is 1.82. The summed E-state index contributed by atoms with van der Waals surface area (Å²) in [4.78, 5) is 22.9. The SMILES string of the molecule is CNC1COCC1C(=O)Nc1ccc(CC(N)=O)cc1. The standard InChI is InChI=1S/C14H19N3O3/c1-16-12-8-20-7-11(12)14(19)17-10-4-2-9(3-5-10)6-13(15)18/h2-5,11-12,16H,6-8H2,1H3,(H2,15,18)(H,17,19). The number of likely N-dealkylation sites (N-methyl/N-ethyl adjacent to an activating group) is 1. The van der Waals surface area contributed by atoms with Gasteiger partial charge in [-0.2, -0.15) is 0 Å². The molecule has 2 rings (SSSR count). The number of amides is 2. The number of rotatable bonds is 5. The first-order valence-electron chi connectivity index (χ1n) is 6.53. The number of hydrogen-bond acceptors (Lipinski definition) is 4. The molecule has 1 fully saturated rings. The molecule has 0 saturated carbocycles. The first kappa shape index (κ1) is 14.5. The van der Waals surface area contributed by atoms with E-state index in [0.717, 1.165) is 5.56 Å². The third kappa shape index (κ3) is 3.55. The lowest BCUT2D eigenvalue weighted by Gasteiger charge is -2.16. The van der Waals surface area contributed by atoms with Crippen LogP contribution >= 0.6 is 0 Å². The number of nitrogens with two attached hydrogens (primary N) is 1. The van der Waals surface area contributed by atoms with Crippen molar-refractivity contribution in [3.63, 3.8) is 0 Å². The lowest BCUT2D eigenvalue weighted by atomic mass is 10.0. The Morgan fingerprint density at radius 3 is 2.60 bits per heavy atom. The molecule has 4 N–H and O–H groups in total. The summed E-state index contributed by atoms with van der Waals surface area (Å²) in [6.45, 7) is 0.975. The van der Waals surface area contributed by atoms with Crippen LogP contribution in [0.25, 0.3) is 0 Å². The Kier molecular flexibility index (Phi) is 4.70. The molecule has 0 aliphatic carbocycles. The normalized spacial score (nSPS) is 21.6. The Bertz CT molecular complexity index is 487. The Morgan fingerprint density at radius 2 is 2.00 bits per heavy atom. The van der Waals surface area contributed by atoms with E-state index < -0.39 is 0 Å². The third-order valence-corrected chi connectivity index (χ3v) is 3.39. The van der Waals surface area contributed by atoms with Crippen LogP contribution in [0.2, 0.25) is 0 Å². The topological polar surface area (TPSA) is 93.4 Å². The van der Waals surface area contributed by atoms with Gasteiger partial charge in [0.05, 0.1) is 25.6 Å². The van der Waals surface area contributed by atoms with E-state index in [1.807, 2.05) is 7.05 Å². The van der Waals surface area contributed by atoms with E-state index in [4.69, 9.17) is 10.5 Å². The molecular weight excluding hydrogens is 258 g/mol. The average molecular weight is 277 g/mol. The van der Waals surface area contributed by atoms with Crippen molar-refractivity contribution in [3.05, 3.63) is 29.8 Å². The molecule has 1 aliphatic rings. The fraction of sp³-hybridized carbons (Fsp3) is 0.429. The maximum Gasteiger partial charge on any atom is 0.231 e. The molecule has 6 nitrogen and oxygen atoms in total. The second kappa shape index (κ2) is 6.49. The maximum absolute atomic E-state index is 12.1. The number of hydrogen-bond donors (Lipinski definition) is 3. The number of primary amides is 1. The van der Waals surface area contributed by atoms with Crippen LogP contribution in [0.1, 0.15) is 5.56 Å². The number of benzene rings is 1. The number of ether oxygens (including phenoxy) is 1. The van der Waals surface area contributed by atoms with Gasteiger partial charge in [0, 0.05) is 11.7 Å². The van der Waals surface area contributed by atoms with Gasteiger partial charge in [-0.15, -0.1) is 0 Å². The number of carbonyl (C=O) groups excluding carboxylic acids is 2. The van der Waals surface area contributed by atoms with Crippen molar-refractivity contribution in [1.82, 2.24) is 5.32 Å². The highest BCUT2D eigenvalue weighted by Crippen LogP contribution is 2.17. The van der Waals surface area contributed by atoms with Gasteiger partial charge < -0.3 is 21.1 Å². The Labute approximate surface area is 117 Å². The average Bonchev–Trinajstić information content (AvgIpc) is 2.89. The lowest BCUT2D eigenvalue weighted by molar-refractivity contribution is -0.120. The largest absolute Gasteiger partial charge is 0.379 e. The second-order valence-corrected chi connectivity index (χ2v) is 4.87. The van der Waals surface area contributed by atoms with Gasteiger partial charge in [0.25, 0.3) is 0 Å². The highest BCUT2D eigenvalue weighted by molar-refractivity contribution is 5.93. The highest BCUT2D eigenvalue weighted by Gasteiger charge is 2.32. The Morgan fingerprint density at radius 1 is 1.30 bits per heavy atom. The van der Waals surface area contributed by atoms with Gasteiger partial charge in [0.1, 0.15) is 0 Å². The number of carbonyl (C=O) groups is 2. The summed E-state index contributed by atoms with van der Waals surface area (Å²) in [5.74, 6) is -0.628. The molecule has 0 radical (unpaired) electrons. The minimum Gasteiger partial charge on any atom is -0.379 e. The Hall–Kier alpha value is -1.92. The fourth-order valence-electron chi connectivity index (χ4n) is 2.24. The minimum atomic E-state index is -0.373. The van der Waals surface area contributed by atoms with Crippen molar-refractivity contribution >= 4 is 17.5 Å². The molecular formula is C14H19N3O3. The quantitative estimate of drug-likeness (QED) is 0.700. The van der Waals surface area contributed by atoms with Crippen molar-refractivity contribution in [2.75, 3.05) is 25.6 Å². The van der Waals surface area contributed by atoms with Crippen LogP contribution in [-0.2, 0) is 20.7 Å². The van der Waals surface area contributed by atoms with E-state index in [1.54, 1.807) is 24.3 Å². The summed E-state index contributed by atoms with van der Waals surface area (Å²) in [6, 6.07) is 7.13. The molecule has 1 heterocycles. The van der Waals surface area contributed by atoms with Crippen molar-refractivity contribution in [1.29, 1.82) is 0 Å². The van der Waals surface area contributed by atoms with Crippen LogP contribution in [-0.4, -0.2) is 38.1 Å². The van der Waals surface area contributed by atoms with E-state index in [2.05, 4.69) is 10.6 Å². The fourth-order valence-corrected chi connectivity index (χ4v) is 2.24. The van der Waals surface area contributed by atoms with Crippen LogP contribution < -0.4 is 16.4 Å². The zero-order chi connectivity index (χ0) is 14.5. The predicted molar refractivity (Wildman–Crippen MR) is 75.1 cm³/mol. The first-order chi connectivity index (χ1) is 9.60. The number of anilines is 1. The van der Waals surface area contributed by atoms with Gasteiger partial charge in [-0.3, -0.25) is 9.59 Å². The van der Waals surface area contributed by atoms with Crippen LogP contribution in [0, 0.1) is 5.92 Å². The van der Waals surface area contributed by atoms with Gasteiger partial charge in [-0.05, 0) is 24.7 Å². The monoisotopic (exact) mass is 277 g/mol. The van der Waals surface area contributed by atoms with E-state index in [9.17, 15) is 9.59 Å². The van der Waals surface area contributed by atoms with Gasteiger partial charge in [-0.25, -0.2) is 0 Å². The zero-order valence-electron chi connectivity index (χ0n) is 11.4. The summed E-state index contributed by atoms with van der Waals surface area (Å²) in [5, 5.41) is 5.93. The summed E-state index contributed by atoms with van der Waals surface area (Å²) < 4.78 is 5.31. The molecule has 2 amide bonds. The number of nitrogens with one attached hydrogen (secondary N) is 2. The van der Waals surface area contributed by atoms with E-state index in [1.165, 1.54) is 0 Å². The van der Waals surface area contributed by atoms with Crippen LogP contribution in [0.15, 0.2) is 24.3 Å². The maximum atomic E-state index is 12.1. The molecule has 2 atom stereocenters. The second-order valence-electron chi connectivity index (χ2n) is 4.87. The molecule has 0 spiro atoms. The summed E-state index contributed by atoms with van der Waals surface area (Å²) in [6.07, 6.45) is 0.201. The molecule has 6 heteroatoms. The molecule has 1 aromatic carbocycles. The van der Waals surface area contributed by atoms with Crippen molar-refractivity contribution < 1.29 is 14.3 Å². The molecule has 20 heavy (non-hydrogen) atoms. The zero-order valence-corrected chi connectivity index (χ0v) is 11.4. The predicted octanol–water partition coefficient (Wildman–Crippen LogP) is -0.113. The van der Waals surface area contributed by atoms with Gasteiger partial charge in [0.2, 0.25) is 11.8 Å². The summed E-state index contributed by atoms with van der Waals surface area (Å²) >= 11 is 0. The van der Waals surface area contributed by atoms with E-state index >= 15 is 0 Å². The van der Waals surface area contributed by atoms with Gasteiger partial charge >= 0.3 is 0 Å². The molecule has 0 bridgehead atoms. The molecule has 1 aliphatic heterocycles. The smallest absolute Gasteiger partial charge is 0.231 e. The highest BCUT2D eigenvalue weighted by atomic mass is 16.5. The van der Waals surface area contributed by atoms with Crippen molar-refractivity contribution in [2.24, 2.45) is 11.7 Å². The third-order valence-electron chi connectivity index (χ3n) is 3.39. The van der Waals surface area contributed by atoms with E-state index in [-0.39, 0.29) is 30.2 Å². The summed E-state index contributed by atoms with van der Waals surface area (Å²) in [5.41, 5.74) is 6.65. The van der Waals surface area contributed by atoms with Crippen LogP contribution in [0.4, 0.5) is 5.69 Å². The first-order valence-corrected chi connectivity index (χ1v) is 6.53. The van der Waals surface area contributed by atoms with Crippen molar-refractivity contribution in [2.45, 2.75) is 12.5 Å². The molecule has 1 aromatic rings. The van der Waals surface area contributed by atoms with Crippen LogP contribution in [0.3, 0.4) is 0 Å². The van der Waals surface area contributed by atoms with E-state index in [0.29, 0.717) is 18.9 Å². The molecule has 2 unspecified atom stereocenters. The van der Waals surface area contributed by atoms with Gasteiger partial charge in [0.15, 0.2) is 0 Å². The van der Waals surface area contributed by atoms with Crippen LogP contribution in [0.5, 0.6) is 0 Å². The molecule has 1 saturated heterocycles. The minimum absolute atomic E-state index is 0.0455. The lowest BCUT2D eigenvalue weighted by Crippen LogP contribution is -2.39. The van der Waals surface area contributed by atoms with Gasteiger partial charge in [-0.1, -0.05) is 12.1 Å². The molecule has 108 valence electrons. The van der Waals surface area contributed by atoms with Crippen molar-refractivity contribution in [3.8, 4) is 0 Å². The molecule has 0 aromatic heterocycles.